The van der Waals surface area contributed by atoms with Gasteiger partial charge in [0.15, 0.2) is 0 Å². The molecule has 0 unspecified atom stereocenters. The Bertz CT molecular complexity index is 1210. The van der Waals surface area contributed by atoms with Crippen molar-refractivity contribution < 1.29 is 14.3 Å². The normalized spacial score (nSPS) is 15.1. The summed E-state index contributed by atoms with van der Waals surface area (Å²) in [6.07, 6.45) is 1.64. The first-order chi connectivity index (χ1) is 14.9. The fourth-order valence-corrected chi connectivity index (χ4v) is 4.48. The van der Waals surface area contributed by atoms with E-state index in [1.807, 2.05) is 18.2 Å². The second-order valence-electron chi connectivity index (χ2n) is 6.53. The molecule has 0 bridgehead atoms. The third kappa shape index (κ3) is 4.75. The Morgan fingerprint density at radius 1 is 0.903 bits per heavy atom. The monoisotopic (exact) mass is 489 g/mol. The van der Waals surface area contributed by atoms with Crippen molar-refractivity contribution in [1.82, 2.24) is 0 Å². The highest BCUT2D eigenvalue weighted by Gasteiger charge is 2.37. The van der Waals surface area contributed by atoms with Crippen LogP contribution in [0.15, 0.2) is 71.6 Å². The average Bonchev–Trinajstić information content (AvgIpc) is 3.02. The summed E-state index contributed by atoms with van der Waals surface area (Å²) in [5.41, 5.74) is 1.80. The van der Waals surface area contributed by atoms with Crippen LogP contribution in [0, 0.1) is 0 Å². The first kappa shape index (κ1) is 21.8. The molecule has 0 N–H and O–H groups in total. The molecule has 31 heavy (non-hydrogen) atoms. The number of amides is 2. The van der Waals surface area contributed by atoms with Crippen molar-refractivity contribution in [3.8, 4) is 5.75 Å². The minimum absolute atomic E-state index is 0.224. The van der Waals surface area contributed by atoms with Crippen LogP contribution in [0.5, 0.6) is 5.75 Å². The zero-order valence-electron chi connectivity index (χ0n) is 15.8. The third-order valence-corrected chi connectivity index (χ3v) is 6.27. The Labute approximate surface area is 198 Å². The van der Waals surface area contributed by atoms with Gasteiger partial charge in [0.05, 0.1) is 15.6 Å². The molecule has 3 aromatic rings. The highest BCUT2D eigenvalue weighted by atomic mass is 35.5. The number of ether oxygens (including phenoxy) is 1. The van der Waals surface area contributed by atoms with Gasteiger partial charge in [0, 0.05) is 21.2 Å². The third-order valence-electron chi connectivity index (χ3n) is 4.49. The Hall–Kier alpha value is -2.44. The average molecular weight is 491 g/mol. The molecule has 8 heteroatoms. The number of hydrogen-bond donors (Lipinski definition) is 0. The maximum absolute atomic E-state index is 12.9. The van der Waals surface area contributed by atoms with Crippen LogP contribution in [-0.2, 0) is 11.4 Å². The van der Waals surface area contributed by atoms with Gasteiger partial charge in [-0.15, -0.1) is 0 Å². The molecule has 3 aromatic carbocycles. The van der Waals surface area contributed by atoms with Crippen LogP contribution in [0.3, 0.4) is 0 Å². The van der Waals surface area contributed by atoms with E-state index in [1.54, 1.807) is 54.6 Å². The molecular weight excluding hydrogens is 477 g/mol. The zero-order valence-corrected chi connectivity index (χ0v) is 18.9. The highest BCUT2D eigenvalue weighted by Crippen LogP contribution is 2.39. The second-order valence-corrected chi connectivity index (χ2v) is 8.77. The van der Waals surface area contributed by atoms with Gasteiger partial charge in [-0.3, -0.25) is 9.59 Å². The SMILES string of the molecule is O=C1S/C(=C\c2ccccc2OCc2ccc(Cl)cc2Cl)C(=O)N1c1ccccc1Cl. The number of nitrogens with zero attached hydrogens (tertiary/aromatic N) is 1. The van der Waals surface area contributed by atoms with E-state index < -0.39 is 11.1 Å². The number of thioether (sulfide) groups is 1. The Morgan fingerprint density at radius 2 is 1.65 bits per heavy atom. The molecule has 0 spiro atoms. The molecule has 1 heterocycles. The predicted octanol–water partition coefficient (Wildman–Crippen LogP) is 7.47. The maximum atomic E-state index is 12.9. The van der Waals surface area contributed by atoms with Gasteiger partial charge < -0.3 is 4.74 Å². The summed E-state index contributed by atoms with van der Waals surface area (Å²) in [4.78, 5) is 26.8. The van der Waals surface area contributed by atoms with Crippen LogP contribution >= 0.6 is 46.6 Å². The molecule has 0 atom stereocenters. The molecular formula is C23H14Cl3NO3S. The first-order valence-corrected chi connectivity index (χ1v) is 11.1. The molecule has 1 saturated heterocycles. The Kier molecular flexibility index (Phi) is 6.58. The molecule has 0 aliphatic carbocycles. The molecule has 1 aliphatic rings. The van der Waals surface area contributed by atoms with Crippen molar-refractivity contribution in [2.24, 2.45) is 0 Å². The van der Waals surface area contributed by atoms with Crippen molar-refractivity contribution in [3.05, 3.63) is 97.8 Å². The van der Waals surface area contributed by atoms with Crippen LogP contribution in [0.25, 0.3) is 6.08 Å². The van der Waals surface area contributed by atoms with E-state index in [1.165, 1.54) is 0 Å². The standard InChI is InChI=1S/C23H14Cl3NO3S/c24-16-10-9-15(18(26)12-16)13-30-20-8-4-1-5-14(20)11-21-22(28)27(23(29)31-21)19-7-3-2-6-17(19)25/h1-12H,13H2/b21-11-. The van der Waals surface area contributed by atoms with E-state index in [0.29, 0.717) is 32.1 Å². The van der Waals surface area contributed by atoms with Crippen LogP contribution < -0.4 is 9.64 Å². The van der Waals surface area contributed by atoms with Crippen LogP contribution in [0.2, 0.25) is 15.1 Å². The topological polar surface area (TPSA) is 46.6 Å². The fraction of sp³-hybridized carbons (Fsp3) is 0.0435. The number of carbonyl (C=O) groups is 2. The number of carbonyl (C=O) groups excluding carboxylic acids is 2. The molecule has 4 nitrogen and oxygen atoms in total. The maximum Gasteiger partial charge on any atom is 0.298 e. The van der Waals surface area contributed by atoms with Crippen LogP contribution in [0.4, 0.5) is 10.5 Å². The van der Waals surface area contributed by atoms with Crippen molar-refractivity contribution in [2.75, 3.05) is 4.90 Å². The summed E-state index contributed by atoms with van der Waals surface area (Å²) in [5.74, 6) is 0.122. The minimum atomic E-state index is -0.432. The molecule has 0 aromatic heterocycles. The molecule has 1 aliphatic heterocycles. The van der Waals surface area contributed by atoms with Gasteiger partial charge in [0.25, 0.3) is 11.1 Å². The Balaban J connectivity index is 1.59. The summed E-state index contributed by atoms with van der Waals surface area (Å²) >= 11 is 19.2. The smallest absolute Gasteiger partial charge is 0.298 e. The van der Waals surface area contributed by atoms with Gasteiger partial charge >= 0.3 is 0 Å². The van der Waals surface area contributed by atoms with Crippen molar-refractivity contribution >= 4 is 69.5 Å². The number of para-hydroxylation sites is 2. The minimum Gasteiger partial charge on any atom is -0.488 e. The molecule has 4 rings (SSSR count). The summed E-state index contributed by atoms with van der Waals surface area (Å²) in [6.45, 7) is 0.224. The van der Waals surface area contributed by atoms with Gasteiger partial charge in [-0.2, -0.15) is 0 Å². The zero-order chi connectivity index (χ0) is 22.0. The molecule has 2 amide bonds. The lowest BCUT2D eigenvalue weighted by Gasteiger charge is -2.14. The van der Waals surface area contributed by atoms with E-state index in [2.05, 4.69) is 0 Å². The quantitative estimate of drug-likeness (QED) is 0.348. The van der Waals surface area contributed by atoms with E-state index in [0.717, 1.165) is 22.2 Å². The number of halogens is 3. The second kappa shape index (κ2) is 9.37. The molecule has 156 valence electrons. The number of rotatable bonds is 5. The van der Waals surface area contributed by atoms with Crippen LogP contribution in [-0.4, -0.2) is 11.1 Å². The summed E-state index contributed by atoms with van der Waals surface area (Å²) in [5, 5.41) is 0.972. The van der Waals surface area contributed by atoms with Crippen LogP contribution in [0.1, 0.15) is 11.1 Å². The molecule has 0 saturated carbocycles. The lowest BCUT2D eigenvalue weighted by atomic mass is 10.1. The Morgan fingerprint density at radius 3 is 2.42 bits per heavy atom. The van der Waals surface area contributed by atoms with E-state index in [-0.39, 0.29) is 11.5 Å². The van der Waals surface area contributed by atoms with Gasteiger partial charge in [-0.05, 0) is 48.2 Å². The van der Waals surface area contributed by atoms with Crippen molar-refractivity contribution in [3.63, 3.8) is 0 Å². The van der Waals surface area contributed by atoms with Crippen molar-refractivity contribution in [1.29, 1.82) is 0 Å². The van der Waals surface area contributed by atoms with E-state index >= 15 is 0 Å². The number of imide groups is 1. The van der Waals surface area contributed by atoms with Gasteiger partial charge in [-0.25, -0.2) is 4.90 Å². The van der Waals surface area contributed by atoms with Gasteiger partial charge in [-0.1, -0.05) is 71.2 Å². The summed E-state index contributed by atoms with van der Waals surface area (Å²) in [6, 6.07) is 19.2. The number of anilines is 1. The number of hydrogen-bond acceptors (Lipinski definition) is 4. The lowest BCUT2D eigenvalue weighted by molar-refractivity contribution is -0.113. The fourth-order valence-electron chi connectivity index (χ4n) is 2.98. The van der Waals surface area contributed by atoms with Gasteiger partial charge in [0.1, 0.15) is 12.4 Å². The van der Waals surface area contributed by atoms with E-state index in [4.69, 9.17) is 39.5 Å². The van der Waals surface area contributed by atoms with E-state index in [9.17, 15) is 9.59 Å². The molecule has 0 radical (unpaired) electrons. The number of benzene rings is 3. The predicted molar refractivity (Wildman–Crippen MR) is 127 cm³/mol. The summed E-state index contributed by atoms with van der Waals surface area (Å²) < 4.78 is 5.93. The highest BCUT2D eigenvalue weighted by molar-refractivity contribution is 8.19. The van der Waals surface area contributed by atoms with Crippen molar-refractivity contribution in [2.45, 2.75) is 6.61 Å². The molecule has 1 fully saturated rings. The lowest BCUT2D eigenvalue weighted by Crippen LogP contribution is -2.27. The largest absolute Gasteiger partial charge is 0.488 e. The van der Waals surface area contributed by atoms with Gasteiger partial charge in [0.2, 0.25) is 0 Å². The first-order valence-electron chi connectivity index (χ1n) is 9.12. The summed E-state index contributed by atoms with van der Waals surface area (Å²) in [7, 11) is 0.